The van der Waals surface area contributed by atoms with E-state index in [2.05, 4.69) is 19.9 Å². The highest BCUT2D eigenvalue weighted by atomic mass is 32.1. The van der Waals surface area contributed by atoms with Gasteiger partial charge in [-0.2, -0.15) is 0 Å². The van der Waals surface area contributed by atoms with E-state index in [0.717, 1.165) is 35.0 Å². The number of H-pyrrole nitrogens is 1. The third-order valence-corrected chi connectivity index (χ3v) is 4.75. The SMILES string of the molecule is Cc1cnc(-c2nc3sc4c(c3c(=O)[nH]2)CCC4)nc1. The van der Waals surface area contributed by atoms with Crippen LogP contribution < -0.4 is 5.56 Å². The average molecular weight is 284 g/mol. The van der Waals surface area contributed by atoms with Gasteiger partial charge in [-0.05, 0) is 37.3 Å². The number of rotatable bonds is 1. The molecular weight excluding hydrogens is 272 g/mol. The minimum Gasteiger partial charge on any atom is -0.303 e. The summed E-state index contributed by atoms with van der Waals surface area (Å²) in [6.07, 6.45) is 6.63. The van der Waals surface area contributed by atoms with Gasteiger partial charge in [0, 0.05) is 17.3 Å². The van der Waals surface area contributed by atoms with E-state index < -0.39 is 0 Å². The molecule has 4 rings (SSSR count). The molecule has 0 fully saturated rings. The molecule has 1 aliphatic rings. The smallest absolute Gasteiger partial charge is 0.260 e. The molecule has 0 saturated heterocycles. The molecule has 6 heteroatoms. The highest BCUT2D eigenvalue weighted by Crippen LogP contribution is 2.34. The van der Waals surface area contributed by atoms with Gasteiger partial charge in [-0.15, -0.1) is 11.3 Å². The van der Waals surface area contributed by atoms with Gasteiger partial charge < -0.3 is 4.98 Å². The van der Waals surface area contributed by atoms with Crippen LogP contribution in [0.2, 0.25) is 0 Å². The summed E-state index contributed by atoms with van der Waals surface area (Å²) in [7, 11) is 0. The zero-order valence-corrected chi connectivity index (χ0v) is 11.8. The van der Waals surface area contributed by atoms with Crippen LogP contribution in [-0.4, -0.2) is 19.9 Å². The predicted molar refractivity (Wildman–Crippen MR) is 78.0 cm³/mol. The van der Waals surface area contributed by atoms with E-state index in [9.17, 15) is 4.79 Å². The molecular formula is C14H12N4OS. The maximum atomic E-state index is 12.3. The van der Waals surface area contributed by atoms with Crippen LogP contribution in [-0.2, 0) is 12.8 Å². The highest BCUT2D eigenvalue weighted by molar-refractivity contribution is 7.18. The Labute approximate surface area is 118 Å². The van der Waals surface area contributed by atoms with Crippen LogP contribution in [0.3, 0.4) is 0 Å². The third kappa shape index (κ3) is 1.68. The van der Waals surface area contributed by atoms with Crippen molar-refractivity contribution in [1.82, 2.24) is 19.9 Å². The molecule has 100 valence electrons. The van der Waals surface area contributed by atoms with Gasteiger partial charge in [0.25, 0.3) is 5.56 Å². The number of fused-ring (bicyclic) bond motifs is 3. The minimum absolute atomic E-state index is 0.0754. The van der Waals surface area contributed by atoms with Crippen molar-refractivity contribution in [2.75, 3.05) is 0 Å². The molecule has 0 unspecified atom stereocenters. The summed E-state index contributed by atoms with van der Waals surface area (Å²) in [6.45, 7) is 1.92. The van der Waals surface area contributed by atoms with Crippen LogP contribution in [0, 0.1) is 6.92 Å². The molecule has 20 heavy (non-hydrogen) atoms. The summed E-state index contributed by atoms with van der Waals surface area (Å²) in [4.78, 5) is 30.2. The summed E-state index contributed by atoms with van der Waals surface area (Å²) < 4.78 is 0. The van der Waals surface area contributed by atoms with E-state index in [-0.39, 0.29) is 5.56 Å². The van der Waals surface area contributed by atoms with E-state index in [4.69, 9.17) is 0 Å². The number of aryl methyl sites for hydroxylation is 3. The zero-order valence-electron chi connectivity index (χ0n) is 10.9. The Morgan fingerprint density at radius 2 is 2.05 bits per heavy atom. The van der Waals surface area contributed by atoms with Crippen LogP contribution in [0.1, 0.15) is 22.4 Å². The van der Waals surface area contributed by atoms with Crippen molar-refractivity contribution in [3.05, 3.63) is 38.8 Å². The van der Waals surface area contributed by atoms with E-state index in [0.29, 0.717) is 11.6 Å². The van der Waals surface area contributed by atoms with E-state index in [1.54, 1.807) is 23.7 Å². The minimum atomic E-state index is -0.0754. The highest BCUT2D eigenvalue weighted by Gasteiger charge is 2.21. The van der Waals surface area contributed by atoms with Gasteiger partial charge in [0.1, 0.15) is 4.83 Å². The molecule has 0 spiro atoms. The van der Waals surface area contributed by atoms with Gasteiger partial charge >= 0.3 is 0 Å². The molecule has 3 aromatic rings. The fraction of sp³-hybridized carbons (Fsp3) is 0.286. The number of thiophene rings is 1. The van der Waals surface area contributed by atoms with Gasteiger partial charge in [-0.1, -0.05) is 0 Å². The first-order valence-electron chi connectivity index (χ1n) is 6.56. The Kier molecular flexibility index (Phi) is 2.47. The molecule has 0 atom stereocenters. The third-order valence-electron chi connectivity index (χ3n) is 3.57. The van der Waals surface area contributed by atoms with Crippen molar-refractivity contribution >= 4 is 21.6 Å². The van der Waals surface area contributed by atoms with Gasteiger partial charge in [0.05, 0.1) is 5.39 Å². The Morgan fingerprint density at radius 1 is 1.25 bits per heavy atom. The first kappa shape index (κ1) is 11.7. The fourth-order valence-electron chi connectivity index (χ4n) is 2.62. The van der Waals surface area contributed by atoms with Gasteiger partial charge in [0.2, 0.25) is 0 Å². The lowest BCUT2D eigenvalue weighted by atomic mass is 10.2. The largest absolute Gasteiger partial charge is 0.303 e. The standard InChI is InChI=1S/C14H12N4OS/c1-7-5-15-11(16-6-7)12-17-13(19)10-8-3-2-4-9(8)20-14(10)18-12/h5-6H,2-4H2,1H3,(H,17,18,19). The summed E-state index contributed by atoms with van der Waals surface area (Å²) in [5, 5.41) is 0.762. The van der Waals surface area contributed by atoms with Gasteiger partial charge in [-0.3, -0.25) is 4.79 Å². The number of nitrogens with one attached hydrogen (secondary N) is 1. The van der Waals surface area contributed by atoms with Crippen LogP contribution >= 0.6 is 11.3 Å². The van der Waals surface area contributed by atoms with Crippen molar-refractivity contribution in [2.24, 2.45) is 0 Å². The number of hydrogen-bond donors (Lipinski definition) is 1. The van der Waals surface area contributed by atoms with Crippen molar-refractivity contribution in [3.63, 3.8) is 0 Å². The first-order chi connectivity index (χ1) is 9.72. The van der Waals surface area contributed by atoms with Crippen LogP contribution in [0.5, 0.6) is 0 Å². The van der Waals surface area contributed by atoms with Crippen LogP contribution in [0.4, 0.5) is 0 Å². The Bertz CT molecular complexity index is 863. The summed E-state index contributed by atoms with van der Waals surface area (Å²) >= 11 is 1.63. The van der Waals surface area contributed by atoms with Crippen LogP contribution in [0.25, 0.3) is 21.9 Å². The molecule has 0 radical (unpaired) electrons. The van der Waals surface area contributed by atoms with Gasteiger partial charge in [0.15, 0.2) is 11.6 Å². The van der Waals surface area contributed by atoms with Crippen molar-refractivity contribution in [2.45, 2.75) is 26.2 Å². The Balaban J connectivity index is 1.95. The maximum Gasteiger partial charge on any atom is 0.260 e. The maximum absolute atomic E-state index is 12.3. The lowest BCUT2D eigenvalue weighted by Gasteiger charge is -2.00. The predicted octanol–water partition coefficient (Wildman–Crippen LogP) is 2.24. The van der Waals surface area contributed by atoms with Crippen molar-refractivity contribution in [3.8, 4) is 11.6 Å². The molecule has 5 nitrogen and oxygen atoms in total. The lowest BCUT2D eigenvalue weighted by molar-refractivity contribution is 0.916. The van der Waals surface area contributed by atoms with E-state index >= 15 is 0 Å². The molecule has 1 N–H and O–H groups in total. The number of aromatic nitrogens is 4. The van der Waals surface area contributed by atoms with Crippen molar-refractivity contribution in [1.29, 1.82) is 0 Å². The lowest BCUT2D eigenvalue weighted by Crippen LogP contribution is -2.10. The fourth-order valence-corrected chi connectivity index (χ4v) is 3.89. The molecule has 0 saturated carbocycles. The summed E-state index contributed by atoms with van der Waals surface area (Å²) in [5.41, 5.74) is 2.09. The normalized spacial score (nSPS) is 13.8. The summed E-state index contributed by atoms with van der Waals surface area (Å²) in [5.74, 6) is 0.908. The molecule has 0 bridgehead atoms. The number of aromatic amines is 1. The molecule has 0 aliphatic heterocycles. The molecule has 3 aromatic heterocycles. The van der Waals surface area contributed by atoms with Gasteiger partial charge in [-0.25, -0.2) is 15.0 Å². The number of nitrogens with zero attached hydrogens (tertiary/aromatic N) is 3. The average Bonchev–Trinajstić information content (AvgIpc) is 2.99. The van der Waals surface area contributed by atoms with E-state index in [1.807, 2.05) is 6.92 Å². The second-order valence-electron chi connectivity index (χ2n) is 5.04. The Hall–Kier alpha value is -2.08. The Morgan fingerprint density at radius 3 is 2.85 bits per heavy atom. The number of hydrogen-bond acceptors (Lipinski definition) is 5. The quantitative estimate of drug-likeness (QED) is 0.744. The molecule has 1 aliphatic carbocycles. The van der Waals surface area contributed by atoms with Crippen LogP contribution in [0.15, 0.2) is 17.2 Å². The first-order valence-corrected chi connectivity index (χ1v) is 7.37. The second kappa shape index (κ2) is 4.21. The monoisotopic (exact) mass is 284 g/mol. The van der Waals surface area contributed by atoms with E-state index in [1.165, 1.54) is 10.4 Å². The second-order valence-corrected chi connectivity index (χ2v) is 6.12. The van der Waals surface area contributed by atoms with Crippen molar-refractivity contribution < 1.29 is 0 Å². The topological polar surface area (TPSA) is 71.5 Å². The molecule has 0 aromatic carbocycles. The molecule has 0 amide bonds. The summed E-state index contributed by atoms with van der Waals surface area (Å²) in [6, 6.07) is 0. The molecule has 3 heterocycles. The zero-order chi connectivity index (χ0) is 13.7.